The quantitative estimate of drug-likeness (QED) is 0.344. The summed E-state index contributed by atoms with van der Waals surface area (Å²) in [5, 5.41) is 5.62. The molecular weight excluding hydrogens is 549 g/mol. The number of anilines is 1. The van der Waals surface area contributed by atoms with Gasteiger partial charge in [-0.1, -0.05) is 11.6 Å². The van der Waals surface area contributed by atoms with Crippen molar-refractivity contribution in [1.29, 1.82) is 0 Å². The van der Waals surface area contributed by atoms with E-state index in [4.69, 9.17) is 36.7 Å². The Labute approximate surface area is 229 Å². The third kappa shape index (κ3) is 5.33. The van der Waals surface area contributed by atoms with Gasteiger partial charge < -0.3 is 19.9 Å². The Kier molecular flexibility index (Phi) is 7.29. The van der Waals surface area contributed by atoms with Gasteiger partial charge >= 0.3 is 0 Å². The zero-order valence-electron chi connectivity index (χ0n) is 21.1. The van der Waals surface area contributed by atoms with Gasteiger partial charge in [-0.3, -0.25) is 0 Å². The molecule has 5 rings (SSSR count). The first-order valence-corrected chi connectivity index (χ1v) is 13.9. The summed E-state index contributed by atoms with van der Waals surface area (Å²) in [5.41, 5.74) is 8.30. The Morgan fingerprint density at radius 1 is 1.13 bits per heavy atom. The van der Waals surface area contributed by atoms with Crippen molar-refractivity contribution in [3.63, 3.8) is 0 Å². The van der Waals surface area contributed by atoms with E-state index >= 15 is 4.39 Å². The fourth-order valence-electron chi connectivity index (χ4n) is 4.55. The van der Waals surface area contributed by atoms with Crippen molar-refractivity contribution in [3.05, 3.63) is 53.1 Å². The Balaban J connectivity index is 1.71. The van der Waals surface area contributed by atoms with Gasteiger partial charge in [-0.05, 0) is 42.8 Å². The minimum Gasteiger partial charge on any atom is -0.488 e. The lowest BCUT2D eigenvalue weighted by Gasteiger charge is -2.24. The summed E-state index contributed by atoms with van der Waals surface area (Å²) in [6.07, 6.45) is 2.91. The summed E-state index contributed by atoms with van der Waals surface area (Å²) >= 11 is 6.37. The Bertz CT molecular complexity index is 1700. The predicted octanol–water partition coefficient (Wildman–Crippen LogP) is 4.26. The average molecular weight is 574 g/mol. The number of hydrogen-bond donors (Lipinski definition) is 2. The number of nitrogens with zero attached hydrogens (tertiary/aromatic N) is 3. The number of hydrogen-bond acceptors (Lipinski definition) is 9. The van der Waals surface area contributed by atoms with Crippen LogP contribution in [0.25, 0.3) is 33.2 Å². The molecule has 0 amide bonds. The summed E-state index contributed by atoms with van der Waals surface area (Å²) in [5.74, 6) is -0.105. The molecule has 3 heterocycles. The number of primary sulfonamides is 1. The van der Waals surface area contributed by atoms with Gasteiger partial charge in [0.05, 0.1) is 31.0 Å². The molecule has 0 radical (unpaired) electrons. The van der Waals surface area contributed by atoms with E-state index in [2.05, 4.69) is 15.0 Å². The number of aryl methyl sites for hydroxylation is 1. The van der Waals surface area contributed by atoms with Gasteiger partial charge in [-0.15, -0.1) is 0 Å². The molecule has 0 aliphatic carbocycles. The van der Waals surface area contributed by atoms with Crippen LogP contribution in [0.5, 0.6) is 11.6 Å². The van der Waals surface area contributed by atoms with E-state index in [0.717, 1.165) is 25.0 Å². The van der Waals surface area contributed by atoms with Crippen LogP contribution in [-0.4, -0.2) is 49.8 Å². The Morgan fingerprint density at radius 2 is 1.87 bits per heavy atom. The molecule has 4 N–H and O–H groups in total. The van der Waals surface area contributed by atoms with Gasteiger partial charge in [0, 0.05) is 41.1 Å². The number of fused-ring (bicyclic) bond motifs is 1. The van der Waals surface area contributed by atoms with Crippen molar-refractivity contribution in [2.45, 2.75) is 30.8 Å². The van der Waals surface area contributed by atoms with Crippen LogP contribution in [0, 0.1) is 12.7 Å². The van der Waals surface area contributed by atoms with Crippen LogP contribution in [0.15, 0.2) is 41.4 Å². The fraction of sp³-hybridized carbons (Fsp3) is 0.269. The normalized spacial score (nSPS) is 14.5. The van der Waals surface area contributed by atoms with Crippen LogP contribution in [-0.2, 0) is 14.8 Å². The van der Waals surface area contributed by atoms with Gasteiger partial charge in [0.25, 0.3) is 0 Å². The second kappa shape index (κ2) is 10.5. The second-order valence-electron chi connectivity index (χ2n) is 9.03. The molecule has 2 aromatic carbocycles. The number of nitrogen functional groups attached to an aromatic ring is 1. The summed E-state index contributed by atoms with van der Waals surface area (Å²) in [6.45, 7) is 3.00. The highest BCUT2D eigenvalue weighted by Gasteiger charge is 2.24. The monoisotopic (exact) mass is 573 g/mol. The van der Waals surface area contributed by atoms with Crippen LogP contribution in [0.3, 0.4) is 0 Å². The number of sulfonamides is 1. The van der Waals surface area contributed by atoms with Gasteiger partial charge in [-0.25, -0.2) is 32.9 Å². The number of halogens is 2. The lowest BCUT2D eigenvalue weighted by Crippen LogP contribution is -2.26. The average Bonchev–Trinajstić information content (AvgIpc) is 2.89. The molecule has 1 aliphatic heterocycles. The lowest BCUT2D eigenvalue weighted by molar-refractivity contribution is 0.0261. The van der Waals surface area contributed by atoms with Crippen LogP contribution in [0.2, 0.25) is 5.02 Å². The molecule has 13 heteroatoms. The molecule has 4 aromatic rings. The number of ether oxygens (including phenoxy) is 3. The standard InChI is InChI=1S/C26H25ClFN5O5S/c1-13-17-9-14(11-20(24(17)33-26(29)32-13)38-16-5-7-37-8-6-16)15-10-18(25(36-2)31-12-15)22-19(28)3-4-21(23(22)27)39(30,34)35/h3-4,9-12,16H,5-8H2,1-2H3,(H2,29,32,33)(H2,30,34,35). The zero-order chi connectivity index (χ0) is 27.9. The number of rotatable bonds is 6. The zero-order valence-corrected chi connectivity index (χ0v) is 22.6. The van der Waals surface area contributed by atoms with Crippen LogP contribution >= 0.6 is 11.6 Å². The van der Waals surface area contributed by atoms with Gasteiger partial charge in [0.1, 0.15) is 28.1 Å². The predicted molar refractivity (Wildman–Crippen MR) is 145 cm³/mol. The van der Waals surface area contributed by atoms with Crippen LogP contribution < -0.4 is 20.3 Å². The van der Waals surface area contributed by atoms with E-state index < -0.39 is 20.7 Å². The first-order valence-electron chi connectivity index (χ1n) is 11.9. The highest BCUT2D eigenvalue weighted by molar-refractivity contribution is 7.89. The topological polar surface area (TPSA) is 153 Å². The smallest absolute Gasteiger partial charge is 0.239 e. The van der Waals surface area contributed by atoms with Crippen molar-refractivity contribution < 1.29 is 27.0 Å². The van der Waals surface area contributed by atoms with E-state index in [1.807, 2.05) is 13.0 Å². The molecule has 1 fully saturated rings. The van der Waals surface area contributed by atoms with E-state index in [1.54, 1.807) is 18.3 Å². The van der Waals surface area contributed by atoms with Crippen molar-refractivity contribution in [2.24, 2.45) is 5.14 Å². The summed E-state index contributed by atoms with van der Waals surface area (Å²) < 4.78 is 56.4. The summed E-state index contributed by atoms with van der Waals surface area (Å²) in [7, 11) is -2.86. The van der Waals surface area contributed by atoms with Gasteiger partial charge in [-0.2, -0.15) is 0 Å². The first-order chi connectivity index (χ1) is 18.6. The largest absolute Gasteiger partial charge is 0.488 e. The lowest BCUT2D eigenvalue weighted by atomic mass is 9.99. The minimum absolute atomic E-state index is 0.0397. The fourth-order valence-corrected chi connectivity index (χ4v) is 5.74. The molecule has 1 aliphatic rings. The number of benzene rings is 2. The third-order valence-corrected chi connectivity index (χ3v) is 7.90. The van der Waals surface area contributed by atoms with Crippen molar-refractivity contribution in [1.82, 2.24) is 15.0 Å². The molecule has 39 heavy (non-hydrogen) atoms. The minimum atomic E-state index is -4.22. The number of methoxy groups -OCH3 is 1. The molecule has 2 aromatic heterocycles. The molecule has 0 spiro atoms. The summed E-state index contributed by atoms with van der Waals surface area (Å²) in [4.78, 5) is 12.6. The van der Waals surface area contributed by atoms with Gasteiger partial charge in [0.2, 0.25) is 21.9 Å². The Hall–Kier alpha value is -3.58. The number of aromatic nitrogens is 3. The van der Waals surface area contributed by atoms with E-state index in [-0.39, 0.29) is 34.1 Å². The molecule has 0 atom stereocenters. The maximum atomic E-state index is 15.1. The van der Waals surface area contributed by atoms with E-state index in [1.165, 1.54) is 7.11 Å². The highest BCUT2D eigenvalue weighted by Crippen LogP contribution is 2.42. The Morgan fingerprint density at radius 3 is 2.56 bits per heavy atom. The first kappa shape index (κ1) is 27.0. The van der Waals surface area contributed by atoms with Crippen molar-refractivity contribution in [3.8, 4) is 33.9 Å². The molecular formula is C26H25ClFN5O5S. The number of nitrogens with two attached hydrogens (primary N) is 2. The van der Waals surface area contributed by atoms with Crippen LogP contribution in [0.4, 0.5) is 10.3 Å². The molecule has 10 nitrogen and oxygen atoms in total. The highest BCUT2D eigenvalue weighted by atomic mass is 35.5. The van der Waals surface area contributed by atoms with Crippen molar-refractivity contribution >= 4 is 38.5 Å². The van der Waals surface area contributed by atoms with Gasteiger partial charge in [0.15, 0.2) is 0 Å². The summed E-state index contributed by atoms with van der Waals surface area (Å²) in [6, 6.07) is 7.25. The number of pyridine rings is 1. The van der Waals surface area contributed by atoms with Crippen molar-refractivity contribution in [2.75, 3.05) is 26.1 Å². The molecule has 0 saturated carbocycles. The molecule has 0 bridgehead atoms. The maximum Gasteiger partial charge on any atom is 0.239 e. The molecule has 1 saturated heterocycles. The second-order valence-corrected chi connectivity index (χ2v) is 10.9. The van der Waals surface area contributed by atoms with E-state index in [9.17, 15) is 8.42 Å². The molecule has 0 unspecified atom stereocenters. The molecule has 204 valence electrons. The van der Waals surface area contributed by atoms with Crippen LogP contribution in [0.1, 0.15) is 18.5 Å². The van der Waals surface area contributed by atoms with E-state index in [0.29, 0.717) is 46.7 Å². The maximum absolute atomic E-state index is 15.1. The SMILES string of the molecule is COc1ncc(-c2cc(OC3CCOCC3)c3nc(N)nc(C)c3c2)cc1-c1c(F)ccc(S(N)(=O)=O)c1Cl. The third-order valence-electron chi connectivity index (χ3n) is 6.44.